The highest BCUT2D eigenvalue weighted by molar-refractivity contribution is 7.91. The van der Waals surface area contributed by atoms with Crippen molar-refractivity contribution < 1.29 is 31.1 Å². The van der Waals surface area contributed by atoms with Gasteiger partial charge in [-0.05, 0) is 42.5 Å². The number of nitrogens with one attached hydrogen (secondary N) is 1. The number of carbonyl (C=O) groups is 1. The number of carbonyl (C=O) groups excluding carboxylic acids is 1. The van der Waals surface area contributed by atoms with Crippen LogP contribution in [0.2, 0.25) is 0 Å². The molecule has 25 heavy (non-hydrogen) atoms. The van der Waals surface area contributed by atoms with E-state index in [1.807, 2.05) is 0 Å². The van der Waals surface area contributed by atoms with Crippen molar-refractivity contribution in [1.29, 1.82) is 0 Å². The van der Waals surface area contributed by atoms with E-state index >= 15 is 0 Å². The summed E-state index contributed by atoms with van der Waals surface area (Å²) in [5.41, 5.74) is 0.766. The molecule has 0 fully saturated rings. The molecule has 0 spiro atoms. The van der Waals surface area contributed by atoms with Gasteiger partial charge in [0.05, 0.1) is 17.6 Å². The van der Waals surface area contributed by atoms with Gasteiger partial charge in [-0.3, -0.25) is 0 Å². The SMILES string of the molecule is COC(=O)c1ccc(F)c(CNc2ccc(S(=O)(=O)C(F)F)cc2)c1. The Morgan fingerprint density at radius 1 is 1.16 bits per heavy atom. The van der Waals surface area contributed by atoms with Crippen molar-refractivity contribution in [3.8, 4) is 0 Å². The summed E-state index contributed by atoms with van der Waals surface area (Å²) >= 11 is 0. The minimum atomic E-state index is -4.66. The topological polar surface area (TPSA) is 72.5 Å². The lowest BCUT2D eigenvalue weighted by molar-refractivity contribution is 0.0600. The fraction of sp³-hybridized carbons (Fsp3) is 0.188. The van der Waals surface area contributed by atoms with Crippen molar-refractivity contribution in [3.63, 3.8) is 0 Å². The quantitative estimate of drug-likeness (QED) is 0.787. The van der Waals surface area contributed by atoms with E-state index < -0.39 is 32.3 Å². The van der Waals surface area contributed by atoms with Gasteiger partial charge in [-0.2, -0.15) is 8.78 Å². The van der Waals surface area contributed by atoms with Crippen molar-refractivity contribution in [2.45, 2.75) is 17.2 Å². The highest BCUT2D eigenvalue weighted by atomic mass is 32.2. The van der Waals surface area contributed by atoms with Crippen molar-refractivity contribution in [1.82, 2.24) is 0 Å². The zero-order valence-electron chi connectivity index (χ0n) is 13.0. The Balaban J connectivity index is 2.13. The molecule has 2 aromatic rings. The first-order chi connectivity index (χ1) is 11.8. The minimum Gasteiger partial charge on any atom is -0.465 e. The Bertz CT molecular complexity index is 867. The van der Waals surface area contributed by atoms with Crippen molar-refractivity contribution >= 4 is 21.5 Å². The van der Waals surface area contributed by atoms with E-state index in [0.717, 1.165) is 18.2 Å². The number of alkyl halides is 2. The van der Waals surface area contributed by atoms with Crippen molar-refractivity contribution in [3.05, 3.63) is 59.4 Å². The molecule has 0 atom stereocenters. The van der Waals surface area contributed by atoms with Crippen LogP contribution in [0.25, 0.3) is 0 Å². The lowest BCUT2D eigenvalue weighted by Gasteiger charge is -2.10. The fourth-order valence-corrected chi connectivity index (χ4v) is 2.74. The maximum Gasteiger partial charge on any atom is 0.341 e. The second-order valence-electron chi connectivity index (χ2n) is 4.98. The minimum absolute atomic E-state index is 0.00237. The van der Waals surface area contributed by atoms with Crippen LogP contribution in [0.15, 0.2) is 47.4 Å². The monoisotopic (exact) mass is 373 g/mol. The predicted octanol–water partition coefficient (Wildman–Crippen LogP) is 3.22. The van der Waals surface area contributed by atoms with Gasteiger partial charge in [0.25, 0.3) is 0 Å². The number of hydrogen-bond acceptors (Lipinski definition) is 5. The van der Waals surface area contributed by atoms with E-state index in [2.05, 4.69) is 10.1 Å². The van der Waals surface area contributed by atoms with E-state index in [1.54, 1.807) is 0 Å². The summed E-state index contributed by atoms with van der Waals surface area (Å²) in [6.45, 7) is -0.00237. The highest BCUT2D eigenvalue weighted by Crippen LogP contribution is 2.21. The first-order valence-electron chi connectivity index (χ1n) is 6.98. The van der Waals surface area contributed by atoms with Crippen molar-refractivity contribution in [2.24, 2.45) is 0 Å². The molecule has 0 saturated heterocycles. The third-order valence-electron chi connectivity index (χ3n) is 3.37. The molecule has 0 unspecified atom stereocenters. The molecular weight excluding hydrogens is 359 g/mol. The summed E-state index contributed by atoms with van der Waals surface area (Å²) in [5.74, 6) is -4.65. The van der Waals surface area contributed by atoms with E-state index in [0.29, 0.717) is 5.69 Å². The molecule has 0 heterocycles. The van der Waals surface area contributed by atoms with Crippen molar-refractivity contribution in [2.75, 3.05) is 12.4 Å². The van der Waals surface area contributed by atoms with Crippen LogP contribution in [0.1, 0.15) is 15.9 Å². The van der Waals surface area contributed by atoms with E-state index in [1.165, 1.54) is 31.4 Å². The smallest absolute Gasteiger partial charge is 0.341 e. The predicted molar refractivity (Wildman–Crippen MR) is 84.7 cm³/mol. The molecule has 0 saturated carbocycles. The second kappa shape index (κ2) is 7.56. The molecule has 2 rings (SSSR count). The average molecular weight is 373 g/mol. The van der Waals surface area contributed by atoms with Crippen LogP contribution < -0.4 is 5.32 Å². The van der Waals surface area contributed by atoms with Gasteiger partial charge >= 0.3 is 11.7 Å². The molecule has 2 aromatic carbocycles. The Kier molecular flexibility index (Phi) is 5.68. The van der Waals surface area contributed by atoms with E-state index in [-0.39, 0.29) is 17.7 Å². The van der Waals surface area contributed by atoms with E-state index in [4.69, 9.17) is 0 Å². The average Bonchev–Trinajstić information content (AvgIpc) is 2.60. The summed E-state index contributed by atoms with van der Waals surface area (Å²) < 4.78 is 65.9. The van der Waals surface area contributed by atoms with E-state index in [9.17, 15) is 26.4 Å². The normalized spacial score (nSPS) is 11.4. The molecule has 5 nitrogen and oxygen atoms in total. The number of sulfone groups is 1. The third-order valence-corrected chi connectivity index (χ3v) is 4.77. The number of methoxy groups -OCH3 is 1. The fourth-order valence-electron chi connectivity index (χ4n) is 2.02. The molecule has 0 aliphatic rings. The second-order valence-corrected chi connectivity index (χ2v) is 6.90. The summed E-state index contributed by atoms with van der Waals surface area (Å²) in [6, 6.07) is 8.38. The van der Waals surface area contributed by atoms with Gasteiger partial charge in [0.15, 0.2) is 0 Å². The van der Waals surface area contributed by atoms with Crippen LogP contribution in [0.5, 0.6) is 0 Å². The summed E-state index contributed by atoms with van der Waals surface area (Å²) in [5, 5.41) is 2.82. The number of benzene rings is 2. The zero-order valence-corrected chi connectivity index (χ0v) is 13.8. The van der Waals surface area contributed by atoms with Gasteiger partial charge in [-0.1, -0.05) is 0 Å². The van der Waals surface area contributed by atoms with Crippen LogP contribution in [-0.4, -0.2) is 27.3 Å². The molecule has 0 amide bonds. The molecular formula is C16H14F3NO4S. The Morgan fingerprint density at radius 3 is 2.36 bits per heavy atom. The largest absolute Gasteiger partial charge is 0.465 e. The van der Waals surface area contributed by atoms with Crippen LogP contribution in [0.3, 0.4) is 0 Å². The molecule has 0 aliphatic heterocycles. The third kappa shape index (κ3) is 4.30. The molecule has 1 N–H and O–H groups in total. The highest BCUT2D eigenvalue weighted by Gasteiger charge is 2.26. The van der Waals surface area contributed by atoms with Crippen LogP contribution >= 0.6 is 0 Å². The first kappa shape index (κ1) is 18.8. The Morgan fingerprint density at radius 2 is 1.80 bits per heavy atom. The maximum atomic E-state index is 13.8. The molecule has 0 radical (unpaired) electrons. The number of ether oxygens (including phenoxy) is 1. The Labute approximate surface area is 142 Å². The molecule has 0 aromatic heterocycles. The number of rotatable bonds is 6. The van der Waals surface area contributed by atoms with Crippen LogP contribution in [-0.2, 0) is 21.1 Å². The Hall–Kier alpha value is -2.55. The summed E-state index contributed by atoms with van der Waals surface area (Å²) in [4.78, 5) is 10.9. The molecule has 0 aliphatic carbocycles. The molecule has 134 valence electrons. The van der Waals surface area contributed by atoms with Gasteiger partial charge in [0.2, 0.25) is 9.84 Å². The van der Waals surface area contributed by atoms with Gasteiger partial charge in [0, 0.05) is 17.8 Å². The summed E-state index contributed by atoms with van der Waals surface area (Å²) in [6.07, 6.45) is 0. The zero-order chi connectivity index (χ0) is 18.6. The standard InChI is InChI=1S/C16H14F3NO4S/c1-24-15(21)10-2-7-14(17)11(8-10)9-20-12-3-5-13(6-4-12)25(22,23)16(18)19/h2-8,16,20H,9H2,1H3. The van der Waals surface area contributed by atoms with Gasteiger partial charge in [-0.15, -0.1) is 0 Å². The van der Waals surface area contributed by atoms with Gasteiger partial charge < -0.3 is 10.1 Å². The summed E-state index contributed by atoms with van der Waals surface area (Å²) in [7, 11) is -3.45. The van der Waals surface area contributed by atoms with Crippen LogP contribution in [0.4, 0.5) is 18.9 Å². The lowest BCUT2D eigenvalue weighted by atomic mass is 10.1. The number of halogens is 3. The molecule has 9 heteroatoms. The maximum absolute atomic E-state index is 13.8. The number of hydrogen-bond donors (Lipinski definition) is 1. The molecule has 0 bridgehead atoms. The van der Waals surface area contributed by atoms with Crippen LogP contribution in [0, 0.1) is 5.82 Å². The van der Waals surface area contributed by atoms with Gasteiger partial charge in [0.1, 0.15) is 5.82 Å². The van der Waals surface area contributed by atoms with Gasteiger partial charge in [-0.25, -0.2) is 17.6 Å². The first-order valence-corrected chi connectivity index (χ1v) is 8.53. The number of esters is 1. The number of anilines is 1. The lowest BCUT2D eigenvalue weighted by Crippen LogP contribution is -2.11.